The van der Waals surface area contributed by atoms with Crippen LogP contribution in [-0.4, -0.2) is 39.0 Å². The molecule has 7 nitrogen and oxygen atoms in total. The maximum Gasteiger partial charge on any atom is 0.261 e. The van der Waals surface area contributed by atoms with E-state index in [-0.39, 0.29) is 10.9 Å². The van der Waals surface area contributed by atoms with E-state index in [4.69, 9.17) is 10.2 Å². The Balaban J connectivity index is 1.89. The number of imidazole rings is 1. The van der Waals surface area contributed by atoms with E-state index in [0.29, 0.717) is 17.6 Å². The molecule has 0 aliphatic rings. The van der Waals surface area contributed by atoms with Crippen LogP contribution in [0.2, 0.25) is 5.04 Å². The molecule has 2 aromatic carbocycles. The van der Waals surface area contributed by atoms with Gasteiger partial charge in [0.05, 0.1) is 12.4 Å². The molecule has 0 saturated heterocycles. The first-order chi connectivity index (χ1) is 16.1. The van der Waals surface area contributed by atoms with Gasteiger partial charge in [-0.25, -0.2) is 15.0 Å². The predicted molar refractivity (Wildman–Crippen MR) is 138 cm³/mol. The molecule has 4 rings (SSSR count). The molecule has 8 heteroatoms. The van der Waals surface area contributed by atoms with E-state index in [1.165, 1.54) is 6.33 Å². The van der Waals surface area contributed by atoms with E-state index in [2.05, 4.69) is 84.3 Å². The Morgan fingerprint density at radius 3 is 2.03 bits per heavy atom. The molecule has 2 atom stereocenters. The zero-order chi connectivity index (χ0) is 24.6. The summed E-state index contributed by atoms with van der Waals surface area (Å²) >= 11 is 0. The Labute approximate surface area is 201 Å². The van der Waals surface area contributed by atoms with Crippen molar-refractivity contribution >= 4 is 35.7 Å². The molecule has 178 valence electrons. The summed E-state index contributed by atoms with van der Waals surface area (Å²) in [5.41, 5.74) is 5.55. The summed E-state index contributed by atoms with van der Waals surface area (Å²) in [7, 11) is -2.88. The molecule has 0 fully saturated rings. The van der Waals surface area contributed by atoms with Crippen molar-refractivity contribution in [3.05, 3.63) is 73.3 Å². The third-order valence-electron chi connectivity index (χ3n) is 6.72. The lowest BCUT2D eigenvalue weighted by Crippen LogP contribution is -2.69. The van der Waals surface area contributed by atoms with Gasteiger partial charge in [-0.3, -0.25) is 4.57 Å². The van der Waals surface area contributed by atoms with E-state index in [9.17, 15) is 5.11 Å². The summed E-state index contributed by atoms with van der Waals surface area (Å²) in [6, 6.07) is 20.8. The second-order valence-electron chi connectivity index (χ2n) is 9.70. The molecule has 3 N–H and O–H groups in total. The first-order valence-electron chi connectivity index (χ1n) is 11.6. The van der Waals surface area contributed by atoms with Gasteiger partial charge >= 0.3 is 0 Å². The van der Waals surface area contributed by atoms with Crippen LogP contribution < -0.4 is 16.1 Å². The molecular weight excluding hydrogens is 442 g/mol. The summed E-state index contributed by atoms with van der Waals surface area (Å²) in [5.74, 6) is 0.280. The molecule has 0 saturated carbocycles. The van der Waals surface area contributed by atoms with E-state index >= 15 is 0 Å². The minimum atomic E-state index is -2.88. The van der Waals surface area contributed by atoms with Crippen molar-refractivity contribution in [2.75, 3.05) is 5.73 Å². The van der Waals surface area contributed by atoms with Crippen LogP contribution in [0.15, 0.2) is 73.3 Å². The van der Waals surface area contributed by atoms with Gasteiger partial charge in [-0.2, -0.15) is 0 Å². The second kappa shape index (κ2) is 8.94. The highest BCUT2D eigenvalue weighted by Gasteiger charge is 2.53. The molecule has 0 bridgehead atoms. The van der Waals surface area contributed by atoms with Crippen LogP contribution in [-0.2, 0) is 10.2 Å². The number of aromatic nitrogens is 4. The molecule has 0 radical (unpaired) electrons. The summed E-state index contributed by atoms with van der Waals surface area (Å²) < 4.78 is 8.87. The topological polar surface area (TPSA) is 99.1 Å². The van der Waals surface area contributed by atoms with Crippen LogP contribution in [0.4, 0.5) is 5.82 Å². The van der Waals surface area contributed by atoms with Crippen molar-refractivity contribution < 1.29 is 9.53 Å². The number of nitrogen functional groups attached to an aromatic ring is 1. The zero-order valence-electron chi connectivity index (χ0n) is 20.4. The van der Waals surface area contributed by atoms with Crippen molar-refractivity contribution in [1.29, 1.82) is 0 Å². The molecule has 0 aliphatic carbocycles. The fourth-order valence-corrected chi connectivity index (χ4v) is 9.57. The highest BCUT2D eigenvalue weighted by Crippen LogP contribution is 2.40. The molecule has 0 amide bonds. The average molecular weight is 476 g/mol. The quantitative estimate of drug-likeness (QED) is 0.397. The lowest BCUT2D eigenvalue weighted by molar-refractivity contribution is -0.120. The fraction of sp³-hybridized carbons (Fsp3) is 0.346. The van der Waals surface area contributed by atoms with E-state index in [1.807, 2.05) is 26.0 Å². The molecule has 2 unspecified atom stereocenters. The number of aliphatic hydroxyl groups is 1. The van der Waals surface area contributed by atoms with Gasteiger partial charge in [-0.15, -0.1) is 0 Å². The summed E-state index contributed by atoms with van der Waals surface area (Å²) in [4.78, 5) is 12.8. The number of rotatable bonds is 7. The van der Waals surface area contributed by atoms with Gasteiger partial charge in [0, 0.05) is 0 Å². The van der Waals surface area contributed by atoms with Crippen molar-refractivity contribution in [2.45, 2.75) is 57.9 Å². The minimum Gasteiger partial charge on any atom is -0.400 e. The maximum atomic E-state index is 12.1. The van der Waals surface area contributed by atoms with Gasteiger partial charge in [0.15, 0.2) is 17.2 Å². The second-order valence-corrected chi connectivity index (χ2v) is 14.0. The first-order valence-corrected chi connectivity index (χ1v) is 13.5. The molecule has 0 aliphatic heterocycles. The molecule has 2 heterocycles. The molecule has 34 heavy (non-hydrogen) atoms. The Morgan fingerprint density at radius 1 is 0.971 bits per heavy atom. The number of hydrogen-bond acceptors (Lipinski definition) is 6. The normalized spacial score (nSPS) is 15.2. The van der Waals surface area contributed by atoms with Gasteiger partial charge in [0.1, 0.15) is 11.8 Å². The summed E-state index contributed by atoms with van der Waals surface area (Å²) in [6.45, 7) is 10.5. The summed E-state index contributed by atoms with van der Waals surface area (Å²) in [6.07, 6.45) is 2.77. The number of anilines is 1. The SMILES string of the molecule is CCC(O)(C(C)O[Si](c1ccccc1)(c1ccccc1)C(C)(C)C)n1cnc2c(N)ncnc21. The average Bonchev–Trinajstić information content (AvgIpc) is 3.28. The Bertz CT molecular complexity index is 1220. The molecule has 0 spiro atoms. The smallest absolute Gasteiger partial charge is 0.261 e. The van der Waals surface area contributed by atoms with Crippen LogP contribution in [0.5, 0.6) is 0 Å². The van der Waals surface area contributed by atoms with Crippen LogP contribution in [0.1, 0.15) is 41.0 Å². The van der Waals surface area contributed by atoms with Crippen molar-refractivity contribution in [2.24, 2.45) is 0 Å². The Morgan fingerprint density at radius 2 is 1.53 bits per heavy atom. The van der Waals surface area contributed by atoms with E-state index < -0.39 is 20.1 Å². The van der Waals surface area contributed by atoms with Crippen LogP contribution in [0.25, 0.3) is 11.2 Å². The number of nitrogens with zero attached hydrogens (tertiary/aromatic N) is 4. The monoisotopic (exact) mass is 475 g/mol. The number of hydrogen-bond donors (Lipinski definition) is 2. The van der Waals surface area contributed by atoms with Crippen LogP contribution in [0.3, 0.4) is 0 Å². The van der Waals surface area contributed by atoms with Crippen molar-refractivity contribution in [1.82, 2.24) is 19.5 Å². The summed E-state index contributed by atoms with van der Waals surface area (Å²) in [5, 5.41) is 14.2. The van der Waals surface area contributed by atoms with Crippen LogP contribution in [0, 0.1) is 0 Å². The Hall–Kier alpha value is -3.07. The Kier molecular flexibility index (Phi) is 6.33. The number of nitrogens with two attached hydrogens (primary N) is 1. The molecule has 4 aromatic rings. The highest BCUT2D eigenvalue weighted by molar-refractivity contribution is 6.99. The van der Waals surface area contributed by atoms with Crippen LogP contribution >= 0.6 is 0 Å². The molecule has 2 aromatic heterocycles. The van der Waals surface area contributed by atoms with Crippen molar-refractivity contribution in [3.8, 4) is 0 Å². The maximum absolute atomic E-state index is 12.1. The van der Waals surface area contributed by atoms with Gasteiger partial charge in [0.2, 0.25) is 0 Å². The lowest BCUT2D eigenvalue weighted by atomic mass is 10.1. The predicted octanol–water partition coefficient (Wildman–Crippen LogP) is 3.43. The van der Waals surface area contributed by atoms with E-state index in [0.717, 1.165) is 10.4 Å². The molecular formula is C26H33N5O2Si. The number of benzene rings is 2. The minimum absolute atomic E-state index is 0.220. The van der Waals surface area contributed by atoms with Crippen molar-refractivity contribution in [3.63, 3.8) is 0 Å². The number of fused-ring (bicyclic) bond motifs is 1. The standard InChI is InChI=1S/C26H33N5O2Si/c1-6-26(32,31-18-30-22-23(27)28-17-29-24(22)31)19(2)33-34(25(3,4)5,20-13-9-7-10-14-20)21-15-11-8-12-16-21/h7-19,32H,6H2,1-5H3,(H2,27,28,29). The third-order valence-corrected chi connectivity index (χ3v) is 11.8. The lowest BCUT2D eigenvalue weighted by Gasteiger charge is -2.47. The highest BCUT2D eigenvalue weighted by atomic mass is 28.4. The van der Waals surface area contributed by atoms with Gasteiger partial charge in [-0.05, 0) is 28.8 Å². The largest absolute Gasteiger partial charge is 0.400 e. The van der Waals surface area contributed by atoms with Gasteiger partial charge < -0.3 is 15.3 Å². The van der Waals surface area contributed by atoms with Gasteiger partial charge in [-0.1, -0.05) is 88.4 Å². The fourth-order valence-electron chi connectivity index (χ4n) is 4.84. The zero-order valence-corrected chi connectivity index (χ0v) is 21.4. The van der Waals surface area contributed by atoms with E-state index in [1.54, 1.807) is 10.9 Å². The third kappa shape index (κ3) is 3.81. The van der Waals surface area contributed by atoms with Gasteiger partial charge in [0.25, 0.3) is 8.32 Å². The first kappa shape index (κ1) is 24.1.